The van der Waals surface area contributed by atoms with Gasteiger partial charge in [0.1, 0.15) is 11.5 Å². The molecule has 0 saturated heterocycles. The molecule has 0 radical (unpaired) electrons. The number of nitrogens with one attached hydrogen (secondary N) is 1. The summed E-state index contributed by atoms with van der Waals surface area (Å²) in [5, 5.41) is 21.1. The Morgan fingerprint density at radius 1 is 0.952 bits per heavy atom. The van der Waals surface area contributed by atoms with Gasteiger partial charge in [-0.3, -0.25) is 4.79 Å². The molecule has 2 rings (SSSR count). The fourth-order valence-electron chi connectivity index (χ4n) is 1.91. The van der Waals surface area contributed by atoms with E-state index in [0.29, 0.717) is 13.0 Å². The number of phenols is 2. The van der Waals surface area contributed by atoms with Crippen molar-refractivity contribution in [1.82, 2.24) is 5.32 Å². The Hall–Kier alpha value is -2.53. The molecule has 21 heavy (non-hydrogen) atoms. The topological polar surface area (TPSA) is 95.6 Å². The van der Waals surface area contributed by atoms with Gasteiger partial charge in [-0.2, -0.15) is 0 Å². The van der Waals surface area contributed by atoms with E-state index in [4.69, 9.17) is 5.73 Å². The quantitative estimate of drug-likeness (QED) is 0.666. The second kappa shape index (κ2) is 6.76. The molecule has 2 aromatic rings. The molecule has 0 aliphatic heterocycles. The molecule has 0 heterocycles. The van der Waals surface area contributed by atoms with E-state index in [9.17, 15) is 15.0 Å². The van der Waals surface area contributed by atoms with Crippen LogP contribution in [0.1, 0.15) is 11.1 Å². The summed E-state index contributed by atoms with van der Waals surface area (Å²) in [4.78, 5) is 11.9. The van der Waals surface area contributed by atoms with Crippen molar-refractivity contribution in [3.8, 4) is 11.5 Å². The Balaban J connectivity index is 1.84. The monoisotopic (exact) mass is 286 g/mol. The van der Waals surface area contributed by atoms with Gasteiger partial charge in [-0.05, 0) is 41.8 Å². The normalized spacial score (nSPS) is 11.9. The maximum atomic E-state index is 11.9. The van der Waals surface area contributed by atoms with Gasteiger partial charge in [0, 0.05) is 6.54 Å². The van der Waals surface area contributed by atoms with Gasteiger partial charge >= 0.3 is 0 Å². The van der Waals surface area contributed by atoms with Gasteiger partial charge in [0.25, 0.3) is 0 Å². The average molecular weight is 286 g/mol. The highest BCUT2D eigenvalue weighted by molar-refractivity contribution is 5.81. The number of carbonyl (C=O) groups is 1. The third-order valence-electron chi connectivity index (χ3n) is 3.13. The summed E-state index contributed by atoms with van der Waals surface area (Å²) in [5.74, 6) is 0.134. The van der Waals surface area contributed by atoms with Gasteiger partial charge < -0.3 is 21.3 Å². The average Bonchev–Trinajstić information content (AvgIpc) is 2.48. The molecule has 0 fully saturated rings. The molecule has 0 spiro atoms. The van der Waals surface area contributed by atoms with Crippen LogP contribution in [0.3, 0.4) is 0 Å². The van der Waals surface area contributed by atoms with Crippen molar-refractivity contribution in [1.29, 1.82) is 0 Å². The van der Waals surface area contributed by atoms with Crippen molar-refractivity contribution in [2.45, 2.75) is 19.0 Å². The van der Waals surface area contributed by atoms with Crippen LogP contribution in [0.5, 0.6) is 11.5 Å². The van der Waals surface area contributed by atoms with Gasteiger partial charge in [-0.25, -0.2) is 0 Å². The maximum Gasteiger partial charge on any atom is 0.237 e. The van der Waals surface area contributed by atoms with Crippen molar-refractivity contribution in [3.05, 3.63) is 59.7 Å². The van der Waals surface area contributed by atoms with Crippen LogP contribution in [-0.2, 0) is 17.8 Å². The lowest BCUT2D eigenvalue weighted by molar-refractivity contribution is -0.122. The van der Waals surface area contributed by atoms with E-state index in [0.717, 1.165) is 11.1 Å². The van der Waals surface area contributed by atoms with E-state index >= 15 is 0 Å². The molecule has 5 N–H and O–H groups in total. The number of phenolic OH excluding ortho intramolecular Hbond substituents is 2. The molecule has 2 aromatic carbocycles. The molecule has 1 atom stereocenters. The lowest BCUT2D eigenvalue weighted by atomic mass is 10.1. The third-order valence-corrected chi connectivity index (χ3v) is 3.13. The number of amides is 1. The molecule has 0 aromatic heterocycles. The fraction of sp³-hybridized carbons (Fsp3) is 0.188. The second-order valence-corrected chi connectivity index (χ2v) is 4.86. The van der Waals surface area contributed by atoms with Gasteiger partial charge in [-0.15, -0.1) is 0 Å². The largest absolute Gasteiger partial charge is 0.508 e. The van der Waals surface area contributed by atoms with Crippen LogP contribution in [0.15, 0.2) is 48.5 Å². The molecule has 110 valence electrons. The van der Waals surface area contributed by atoms with Crippen LogP contribution in [0.4, 0.5) is 0 Å². The Morgan fingerprint density at radius 3 is 1.95 bits per heavy atom. The molecule has 5 heteroatoms. The van der Waals surface area contributed by atoms with Crippen molar-refractivity contribution in [3.63, 3.8) is 0 Å². The second-order valence-electron chi connectivity index (χ2n) is 4.86. The van der Waals surface area contributed by atoms with Crippen LogP contribution in [0, 0.1) is 0 Å². The first-order valence-electron chi connectivity index (χ1n) is 6.63. The maximum absolute atomic E-state index is 11.9. The zero-order chi connectivity index (χ0) is 15.2. The number of carbonyl (C=O) groups excluding carboxylic acids is 1. The minimum atomic E-state index is -0.647. The van der Waals surface area contributed by atoms with Gasteiger partial charge in [0.05, 0.1) is 6.04 Å². The van der Waals surface area contributed by atoms with E-state index in [1.54, 1.807) is 48.5 Å². The van der Waals surface area contributed by atoms with Crippen LogP contribution < -0.4 is 11.1 Å². The highest BCUT2D eigenvalue weighted by Gasteiger charge is 2.13. The first-order chi connectivity index (χ1) is 10.0. The smallest absolute Gasteiger partial charge is 0.237 e. The summed E-state index contributed by atoms with van der Waals surface area (Å²) in [7, 11) is 0. The Labute approximate surface area is 123 Å². The zero-order valence-electron chi connectivity index (χ0n) is 11.5. The molecule has 5 nitrogen and oxygen atoms in total. The number of hydrogen-bond acceptors (Lipinski definition) is 4. The van der Waals surface area contributed by atoms with Crippen LogP contribution in [0.25, 0.3) is 0 Å². The molecular weight excluding hydrogens is 268 g/mol. The summed E-state index contributed by atoms with van der Waals surface area (Å²) >= 11 is 0. The van der Waals surface area contributed by atoms with E-state index in [1.165, 1.54) is 0 Å². The highest BCUT2D eigenvalue weighted by Crippen LogP contribution is 2.11. The molecule has 1 amide bonds. The first kappa shape index (κ1) is 14.9. The number of rotatable bonds is 5. The molecule has 0 bridgehead atoms. The van der Waals surface area contributed by atoms with Crippen molar-refractivity contribution < 1.29 is 15.0 Å². The summed E-state index contributed by atoms with van der Waals surface area (Å²) in [6.07, 6.45) is 0.404. The number of nitrogens with two attached hydrogens (primary N) is 1. The first-order valence-corrected chi connectivity index (χ1v) is 6.63. The van der Waals surface area contributed by atoms with Crippen molar-refractivity contribution in [2.75, 3.05) is 0 Å². The predicted molar refractivity (Wildman–Crippen MR) is 79.7 cm³/mol. The summed E-state index contributed by atoms with van der Waals surface area (Å²) in [6.45, 7) is 0.363. The van der Waals surface area contributed by atoms with E-state index < -0.39 is 6.04 Å². The lowest BCUT2D eigenvalue weighted by Crippen LogP contribution is -2.41. The van der Waals surface area contributed by atoms with Crippen molar-refractivity contribution >= 4 is 5.91 Å². The molecule has 0 aliphatic rings. The van der Waals surface area contributed by atoms with Gasteiger partial charge in [0.2, 0.25) is 5.91 Å². The van der Waals surface area contributed by atoms with Gasteiger partial charge in [-0.1, -0.05) is 24.3 Å². The SMILES string of the molecule is N[C@@H](Cc1ccc(O)cc1)C(=O)NCc1ccc(O)cc1. The molecule has 0 saturated carbocycles. The Morgan fingerprint density at radius 2 is 1.43 bits per heavy atom. The van der Waals surface area contributed by atoms with Crippen molar-refractivity contribution in [2.24, 2.45) is 5.73 Å². The Kier molecular flexibility index (Phi) is 4.79. The standard InChI is InChI=1S/C16H18N2O3/c17-15(9-11-1-5-13(19)6-2-11)16(21)18-10-12-3-7-14(20)8-4-12/h1-8,15,19-20H,9-10,17H2,(H,18,21)/t15-/m0/s1. The summed E-state index contributed by atoms with van der Waals surface area (Å²) in [5.41, 5.74) is 7.64. The number of benzene rings is 2. The van der Waals surface area contributed by atoms with E-state index in [2.05, 4.69) is 5.32 Å². The Bertz CT molecular complexity index is 594. The minimum absolute atomic E-state index is 0.184. The fourth-order valence-corrected chi connectivity index (χ4v) is 1.91. The van der Waals surface area contributed by atoms with Crippen LogP contribution >= 0.6 is 0 Å². The van der Waals surface area contributed by atoms with E-state index in [1.807, 2.05) is 0 Å². The summed E-state index contributed by atoms with van der Waals surface area (Å²) < 4.78 is 0. The van der Waals surface area contributed by atoms with E-state index in [-0.39, 0.29) is 17.4 Å². The summed E-state index contributed by atoms with van der Waals surface area (Å²) in [6, 6.07) is 12.6. The zero-order valence-corrected chi connectivity index (χ0v) is 11.5. The molecular formula is C16H18N2O3. The third kappa shape index (κ3) is 4.50. The van der Waals surface area contributed by atoms with Gasteiger partial charge in [0.15, 0.2) is 0 Å². The van der Waals surface area contributed by atoms with Crippen LogP contribution in [-0.4, -0.2) is 22.2 Å². The number of hydrogen-bond donors (Lipinski definition) is 4. The molecule has 0 unspecified atom stereocenters. The highest BCUT2D eigenvalue weighted by atomic mass is 16.3. The number of aromatic hydroxyl groups is 2. The minimum Gasteiger partial charge on any atom is -0.508 e. The predicted octanol–water partition coefficient (Wildman–Crippen LogP) is 1.28. The van der Waals surface area contributed by atoms with Crippen LogP contribution in [0.2, 0.25) is 0 Å². The lowest BCUT2D eigenvalue weighted by Gasteiger charge is -2.12. The molecule has 0 aliphatic carbocycles.